The predicted octanol–water partition coefficient (Wildman–Crippen LogP) is 3.61. The third-order valence-corrected chi connectivity index (χ3v) is 3.89. The first-order valence-corrected chi connectivity index (χ1v) is 7.09. The number of nitrogens with zero attached hydrogens (tertiary/aromatic N) is 1. The summed E-state index contributed by atoms with van der Waals surface area (Å²) in [6.07, 6.45) is 0.672. The van der Waals surface area contributed by atoms with E-state index in [4.69, 9.17) is 23.2 Å². The highest BCUT2D eigenvalue weighted by Crippen LogP contribution is 2.21. The topological polar surface area (TPSA) is 34.0 Å². The van der Waals surface area contributed by atoms with E-state index in [1.165, 1.54) is 0 Å². The Morgan fingerprint density at radius 3 is 2.60 bits per heavy atom. The third kappa shape index (κ3) is 3.35. The van der Waals surface area contributed by atoms with Crippen LogP contribution in [-0.2, 0) is 13.5 Å². The second-order valence-corrected chi connectivity index (χ2v) is 5.50. The van der Waals surface area contributed by atoms with Crippen molar-refractivity contribution in [2.75, 3.05) is 6.54 Å². The lowest BCUT2D eigenvalue weighted by molar-refractivity contribution is 0.0946. The molecule has 2 rings (SSSR count). The highest BCUT2D eigenvalue weighted by Gasteiger charge is 2.10. The van der Waals surface area contributed by atoms with Crippen molar-refractivity contribution in [1.82, 2.24) is 9.88 Å². The average Bonchev–Trinajstić information content (AvgIpc) is 2.72. The molecule has 0 aliphatic rings. The Bertz CT molecular complexity index is 635. The number of halogens is 2. The maximum Gasteiger partial charge on any atom is 0.267 e. The number of aromatic nitrogens is 1. The van der Waals surface area contributed by atoms with Gasteiger partial charge in [0.1, 0.15) is 5.69 Å². The van der Waals surface area contributed by atoms with Gasteiger partial charge in [-0.1, -0.05) is 29.3 Å². The number of nitrogens with one attached hydrogen (secondary N) is 1. The molecule has 0 bridgehead atoms. The number of amides is 1. The van der Waals surface area contributed by atoms with Crippen molar-refractivity contribution in [1.29, 1.82) is 0 Å². The number of benzene rings is 1. The first-order chi connectivity index (χ1) is 9.49. The van der Waals surface area contributed by atoms with Gasteiger partial charge in [-0.2, -0.15) is 0 Å². The van der Waals surface area contributed by atoms with Gasteiger partial charge < -0.3 is 9.88 Å². The molecule has 2 aromatic rings. The van der Waals surface area contributed by atoms with Crippen molar-refractivity contribution in [3.8, 4) is 0 Å². The molecule has 1 aromatic carbocycles. The minimum atomic E-state index is -0.0781. The summed E-state index contributed by atoms with van der Waals surface area (Å²) in [5, 5.41) is 4.13. The number of aryl methyl sites for hydroxylation is 1. The maximum absolute atomic E-state index is 12.0. The van der Waals surface area contributed by atoms with Gasteiger partial charge >= 0.3 is 0 Å². The van der Waals surface area contributed by atoms with Crippen LogP contribution in [0.25, 0.3) is 0 Å². The van der Waals surface area contributed by atoms with E-state index in [9.17, 15) is 4.79 Å². The Balaban J connectivity index is 1.93. The summed E-state index contributed by atoms with van der Waals surface area (Å²) in [5.41, 5.74) is 2.68. The van der Waals surface area contributed by atoms with E-state index in [0.717, 1.165) is 11.3 Å². The molecule has 0 saturated heterocycles. The van der Waals surface area contributed by atoms with Crippen LogP contribution in [0.2, 0.25) is 10.0 Å². The molecule has 0 spiro atoms. The lowest BCUT2D eigenvalue weighted by atomic mass is 10.1. The van der Waals surface area contributed by atoms with Gasteiger partial charge in [0.25, 0.3) is 5.91 Å². The van der Waals surface area contributed by atoms with E-state index in [0.29, 0.717) is 28.7 Å². The fourth-order valence-corrected chi connectivity index (χ4v) is 2.47. The largest absolute Gasteiger partial charge is 0.350 e. The van der Waals surface area contributed by atoms with Crippen LogP contribution in [0.15, 0.2) is 30.3 Å². The Morgan fingerprint density at radius 1 is 1.25 bits per heavy atom. The van der Waals surface area contributed by atoms with Gasteiger partial charge in [-0.25, -0.2) is 0 Å². The predicted molar refractivity (Wildman–Crippen MR) is 82.6 cm³/mol. The van der Waals surface area contributed by atoms with Gasteiger partial charge in [0.2, 0.25) is 0 Å². The summed E-state index contributed by atoms with van der Waals surface area (Å²) >= 11 is 11.9. The van der Waals surface area contributed by atoms with E-state index in [1.54, 1.807) is 12.1 Å². The SMILES string of the molecule is Cc1ccc(C(=O)NCCc2ccc(Cl)cc2Cl)n1C. The summed E-state index contributed by atoms with van der Waals surface area (Å²) < 4.78 is 1.87. The van der Waals surface area contributed by atoms with Gasteiger partial charge in [-0.3, -0.25) is 4.79 Å². The zero-order chi connectivity index (χ0) is 14.7. The minimum absolute atomic E-state index is 0.0781. The standard InChI is InChI=1S/C15H16Cl2N2O/c1-10-3-6-14(19(10)2)15(20)18-8-7-11-4-5-12(16)9-13(11)17/h3-6,9H,7-8H2,1-2H3,(H,18,20). The molecule has 0 radical (unpaired) electrons. The van der Waals surface area contributed by atoms with Crippen LogP contribution in [-0.4, -0.2) is 17.0 Å². The number of rotatable bonds is 4. The zero-order valence-corrected chi connectivity index (χ0v) is 12.9. The van der Waals surface area contributed by atoms with E-state index in [1.807, 2.05) is 36.7 Å². The zero-order valence-electron chi connectivity index (χ0n) is 11.4. The molecule has 1 amide bonds. The van der Waals surface area contributed by atoms with Crippen molar-refractivity contribution in [2.45, 2.75) is 13.3 Å². The van der Waals surface area contributed by atoms with Gasteiger partial charge in [-0.05, 0) is 43.2 Å². The van der Waals surface area contributed by atoms with E-state index >= 15 is 0 Å². The number of hydrogen-bond acceptors (Lipinski definition) is 1. The van der Waals surface area contributed by atoms with Gasteiger partial charge in [0.15, 0.2) is 0 Å². The monoisotopic (exact) mass is 310 g/mol. The van der Waals surface area contributed by atoms with Crippen LogP contribution in [0, 0.1) is 6.92 Å². The molecule has 1 aromatic heterocycles. The molecule has 1 N–H and O–H groups in total. The van der Waals surface area contributed by atoms with Gasteiger partial charge in [0.05, 0.1) is 0 Å². The number of carbonyl (C=O) groups is 1. The van der Waals surface area contributed by atoms with E-state index in [-0.39, 0.29) is 5.91 Å². The van der Waals surface area contributed by atoms with Gasteiger partial charge in [0, 0.05) is 29.3 Å². The quantitative estimate of drug-likeness (QED) is 0.919. The van der Waals surface area contributed by atoms with Crippen LogP contribution in [0.1, 0.15) is 21.7 Å². The van der Waals surface area contributed by atoms with Gasteiger partial charge in [-0.15, -0.1) is 0 Å². The fourth-order valence-electron chi connectivity index (χ4n) is 1.97. The number of hydrogen-bond donors (Lipinski definition) is 1. The molecule has 0 atom stereocenters. The van der Waals surface area contributed by atoms with Crippen molar-refractivity contribution in [3.05, 3.63) is 57.3 Å². The number of carbonyl (C=O) groups excluding carboxylic acids is 1. The summed E-state index contributed by atoms with van der Waals surface area (Å²) in [5.74, 6) is -0.0781. The van der Waals surface area contributed by atoms with Crippen molar-refractivity contribution in [3.63, 3.8) is 0 Å². The molecule has 0 unspecified atom stereocenters. The van der Waals surface area contributed by atoms with Crippen molar-refractivity contribution >= 4 is 29.1 Å². The molecule has 0 aliphatic heterocycles. The Morgan fingerprint density at radius 2 is 2.00 bits per heavy atom. The summed E-state index contributed by atoms with van der Waals surface area (Å²) in [4.78, 5) is 12.0. The molecule has 106 valence electrons. The molecular formula is C15H16Cl2N2O. The molecule has 0 saturated carbocycles. The Labute approximate surface area is 128 Å². The van der Waals surface area contributed by atoms with Crippen LogP contribution in [0.5, 0.6) is 0 Å². The first-order valence-electron chi connectivity index (χ1n) is 6.33. The summed E-state index contributed by atoms with van der Waals surface area (Å²) in [6.45, 7) is 2.49. The Kier molecular flexibility index (Phi) is 4.73. The van der Waals surface area contributed by atoms with Crippen molar-refractivity contribution < 1.29 is 4.79 Å². The second-order valence-electron chi connectivity index (χ2n) is 4.66. The third-order valence-electron chi connectivity index (χ3n) is 3.30. The molecule has 5 heteroatoms. The lowest BCUT2D eigenvalue weighted by Crippen LogP contribution is -2.27. The molecular weight excluding hydrogens is 295 g/mol. The van der Waals surface area contributed by atoms with E-state index < -0.39 is 0 Å². The van der Waals surface area contributed by atoms with Crippen molar-refractivity contribution in [2.24, 2.45) is 7.05 Å². The van der Waals surface area contributed by atoms with E-state index in [2.05, 4.69) is 5.32 Å². The van der Waals surface area contributed by atoms with Crippen LogP contribution in [0.3, 0.4) is 0 Å². The highest BCUT2D eigenvalue weighted by atomic mass is 35.5. The lowest BCUT2D eigenvalue weighted by Gasteiger charge is -2.08. The fraction of sp³-hybridized carbons (Fsp3) is 0.267. The minimum Gasteiger partial charge on any atom is -0.350 e. The second kappa shape index (κ2) is 6.33. The summed E-state index contributed by atoms with van der Waals surface area (Å²) in [6, 6.07) is 9.13. The Hall–Kier alpha value is -1.45. The van der Waals surface area contributed by atoms with Crippen LogP contribution in [0.4, 0.5) is 0 Å². The molecule has 0 fully saturated rings. The normalized spacial score (nSPS) is 10.6. The summed E-state index contributed by atoms with van der Waals surface area (Å²) in [7, 11) is 1.88. The van der Waals surface area contributed by atoms with Crippen LogP contribution >= 0.6 is 23.2 Å². The average molecular weight is 311 g/mol. The molecule has 20 heavy (non-hydrogen) atoms. The van der Waals surface area contributed by atoms with Crippen LogP contribution < -0.4 is 5.32 Å². The maximum atomic E-state index is 12.0. The highest BCUT2D eigenvalue weighted by molar-refractivity contribution is 6.35. The molecule has 0 aliphatic carbocycles. The smallest absolute Gasteiger partial charge is 0.267 e. The first kappa shape index (κ1) is 14.9. The molecule has 3 nitrogen and oxygen atoms in total. The molecule has 1 heterocycles.